The van der Waals surface area contributed by atoms with Crippen LogP contribution in [0.15, 0.2) is 30.3 Å². The SMILES string of the molecule is O=C1CCN(C(=O)S)[C@H](c2ccccc2)CN1CCCN1CCCCC1. The first kappa shape index (κ1) is 19.2. The lowest BCUT2D eigenvalue weighted by molar-refractivity contribution is -0.130. The highest BCUT2D eigenvalue weighted by molar-refractivity contribution is 7.96. The number of amides is 2. The number of carbonyl (C=O) groups is 2. The summed E-state index contributed by atoms with van der Waals surface area (Å²) in [7, 11) is 0. The number of carbonyl (C=O) groups excluding carboxylic acids is 2. The second-order valence-electron chi connectivity index (χ2n) is 7.25. The minimum Gasteiger partial charge on any atom is -0.340 e. The van der Waals surface area contributed by atoms with Crippen molar-refractivity contribution in [1.29, 1.82) is 0 Å². The molecular formula is C20H29N3O2S. The molecule has 2 aliphatic rings. The van der Waals surface area contributed by atoms with Crippen molar-refractivity contribution in [2.24, 2.45) is 0 Å². The number of likely N-dealkylation sites (tertiary alicyclic amines) is 1. The second-order valence-corrected chi connectivity index (χ2v) is 7.63. The zero-order valence-electron chi connectivity index (χ0n) is 15.3. The minimum absolute atomic E-state index is 0.123. The van der Waals surface area contributed by atoms with Gasteiger partial charge in [0, 0.05) is 26.1 Å². The molecule has 0 aliphatic carbocycles. The van der Waals surface area contributed by atoms with Crippen LogP contribution in [-0.4, -0.2) is 65.1 Å². The van der Waals surface area contributed by atoms with Gasteiger partial charge < -0.3 is 14.7 Å². The average molecular weight is 376 g/mol. The molecule has 0 unspecified atom stereocenters. The summed E-state index contributed by atoms with van der Waals surface area (Å²) in [5.74, 6) is 0.140. The van der Waals surface area contributed by atoms with E-state index in [-0.39, 0.29) is 17.2 Å². The van der Waals surface area contributed by atoms with E-state index in [0.717, 1.165) is 25.1 Å². The summed E-state index contributed by atoms with van der Waals surface area (Å²) >= 11 is 4.05. The van der Waals surface area contributed by atoms with Crippen molar-refractivity contribution in [1.82, 2.24) is 14.7 Å². The Morgan fingerprint density at radius 1 is 1.04 bits per heavy atom. The molecule has 0 bridgehead atoms. The highest BCUT2D eigenvalue weighted by atomic mass is 32.1. The Kier molecular flexibility index (Phi) is 6.97. The van der Waals surface area contributed by atoms with Crippen molar-refractivity contribution in [2.75, 3.05) is 39.3 Å². The van der Waals surface area contributed by atoms with E-state index < -0.39 is 0 Å². The van der Waals surface area contributed by atoms with E-state index in [1.165, 1.54) is 32.4 Å². The molecule has 1 aromatic rings. The standard InChI is InChI=1S/C20H29N3O2S/c24-19-10-15-23(20(25)26)18(17-8-3-1-4-9-17)16-22(19)14-7-13-21-11-5-2-6-12-21/h1,3-4,8-9,18H,2,5-7,10-16H2,(H,25,26)/t18-/m0/s1. The molecule has 142 valence electrons. The van der Waals surface area contributed by atoms with Gasteiger partial charge in [0.05, 0.1) is 6.04 Å². The van der Waals surface area contributed by atoms with Crippen molar-refractivity contribution < 1.29 is 9.59 Å². The Labute approximate surface area is 161 Å². The van der Waals surface area contributed by atoms with Gasteiger partial charge in [-0.3, -0.25) is 9.59 Å². The third-order valence-corrected chi connectivity index (χ3v) is 5.73. The number of thiol groups is 1. The Morgan fingerprint density at radius 2 is 1.77 bits per heavy atom. The van der Waals surface area contributed by atoms with E-state index in [4.69, 9.17) is 0 Å². The van der Waals surface area contributed by atoms with Gasteiger partial charge in [0.25, 0.3) is 5.24 Å². The molecule has 1 atom stereocenters. The molecule has 26 heavy (non-hydrogen) atoms. The molecule has 5 nitrogen and oxygen atoms in total. The summed E-state index contributed by atoms with van der Waals surface area (Å²) in [5.41, 5.74) is 1.06. The summed E-state index contributed by atoms with van der Waals surface area (Å²) in [5, 5.41) is -0.262. The van der Waals surface area contributed by atoms with Gasteiger partial charge in [0.15, 0.2) is 0 Å². The topological polar surface area (TPSA) is 43.9 Å². The van der Waals surface area contributed by atoms with Crippen LogP contribution in [0.3, 0.4) is 0 Å². The van der Waals surface area contributed by atoms with Crippen LogP contribution in [-0.2, 0) is 4.79 Å². The molecule has 6 heteroatoms. The summed E-state index contributed by atoms with van der Waals surface area (Å²) in [4.78, 5) is 30.8. The van der Waals surface area contributed by atoms with Crippen molar-refractivity contribution in [3.8, 4) is 0 Å². The molecule has 3 rings (SSSR count). The van der Waals surface area contributed by atoms with E-state index in [1.54, 1.807) is 4.90 Å². The molecule has 0 aromatic heterocycles. The van der Waals surface area contributed by atoms with Crippen molar-refractivity contribution in [3.05, 3.63) is 35.9 Å². The minimum atomic E-state index is -0.262. The first-order valence-corrected chi connectivity index (χ1v) is 10.1. The number of hydrogen-bond acceptors (Lipinski definition) is 3. The molecule has 0 saturated carbocycles. The number of hydrogen-bond donors (Lipinski definition) is 1. The molecule has 0 N–H and O–H groups in total. The van der Waals surface area contributed by atoms with E-state index in [1.807, 2.05) is 35.2 Å². The second kappa shape index (κ2) is 9.42. The Morgan fingerprint density at radius 3 is 2.46 bits per heavy atom. The predicted molar refractivity (Wildman–Crippen MR) is 106 cm³/mol. The van der Waals surface area contributed by atoms with Crippen molar-refractivity contribution in [3.63, 3.8) is 0 Å². The normalized spacial score (nSPS) is 22.3. The van der Waals surface area contributed by atoms with Crippen LogP contribution in [0.2, 0.25) is 0 Å². The number of piperidine rings is 1. The first-order valence-electron chi connectivity index (χ1n) is 9.70. The summed E-state index contributed by atoms with van der Waals surface area (Å²) in [6.45, 7) is 5.16. The van der Waals surface area contributed by atoms with Gasteiger partial charge in [-0.2, -0.15) is 0 Å². The van der Waals surface area contributed by atoms with Gasteiger partial charge in [-0.1, -0.05) is 49.4 Å². The molecule has 1 aromatic carbocycles. The summed E-state index contributed by atoms with van der Waals surface area (Å²) in [6, 6.07) is 9.84. The van der Waals surface area contributed by atoms with Gasteiger partial charge in [-0.05, 0) is 44.5 Å². The van der Waals surface area contributed by atoms with Crippen LogP contribution in [0.25, 0.3) is 0 Å². The molecule has 2 fully saturated rings. The van der Waals surface area contributed by atoms with Gasteiger partial charge in [-0.15, -0.1) is 0 Å². The Balaban J connectivity index is 1.65. The molecule has 2 heterocycles. The molecule has 0 radical (unpaired) electrons. The third kappa shape index (κ3) is 5.01. The fourth-order valence-electron chi connectivity index (χ4n) is 4.01. The highest BCUT2D eigenvalue weighted by Gasteiger charge is 2.31. The zero-order chi connectivity index (χ0) is 18.4. The maximum Gasteiger partial charge on any atom is 0.279 e. The first-order chi connectivity index (χ1) is 12.6. The van der Waals surface area contributed by atoms with Crippen LogP contribution in [0.4, 0.5) is 4.79 Å². The van der Waals surface area contributed by atoms with Crippen molar-refractivity contribution in [2.45, 2.75) is 38.1 Å². The number of nitrogens with zero attached hydrogens (tertiary/aromatic N) is 3. The highest BCUT2D eigenvalue weighted by Crippen LogP contribution is 2.26. The van der Waals surface area contributed by atoms with Crippen LogP contribution >= 0.6 is 12.6 Å². The van der Waals surface area contributed by atoms with Crippen LogP contribution < -0.4 is 0 Å². The Hall–Kier alpha value is -1.53. The lowest BCUT2D eigenvalue weighted by Crippen LogP contribution is -2.39. The number of benzene rings is 1. The van der Waals surface area contributed by atoms with Crippen LogP contribution in [0.5, 0.6) is 0 Å². The molecule has 0 spiro atoms. The van der Waals surface area contributed by atoms with E-state index >= 15 is 0 Å². The van der Waals surface area contributed by atoms with Gasteiger partial charge in [0.2, 0.25) is 5.91 Å². The summed E-state index contributed by atoms with van der Waals surface area (Å²) in [6.07, 6.45) is 5.28. The average Bonchev–Trinajstić information content (AvgIpc) is 2.83. The van der Waals surface area contributed by atoms with E-state index in [9.17, 15) is 9.59 Å². The van der Waals surface area contributed by atoms with Gasteiger partial charge >= 0.3 is 0 Å². The summed E-state index contributed by atoms with van der Waals surface area (Å²) < 4.78 is 0. The van der Waals surface area contributed by atoms with Crippen LogP contribution in [0.1, 0.15) is 43.7 Å². The lowest BCUT2D eigenvalue weighted by Gasteiger charge is -2.32. The lowest BCUT2D eigenvalue weighted by atomic mass is 10.1. The zero-order valence-corrected chi connectivity index (χ0v) is 16.2. The van der Waals surface area contributed by atoms with Crippen LogP contribution in [0, 0.1) is 0 Å². The fourth-order valence-corrected chi connectivity index (χ4v) is 4.25. The van der Waals surface area contributed by atoms with Crippen molar-refractivity contribution >= 4 is 23.8 Å². The predicted octanol–water partition coefficient (Wildman–Crippen LogP) is 3.19. The molecular weight excluding hydrogens is 346 g/mol. The van der Waals surface area contributed by atoms with E-state index in [0.29, 0.717) is 19.5 Å². The maximum absolute atomic E-state index is 12.6. The molecule has 2 saturated heterocycles. The molecule has 2 aliphatic heterocycles. The number of rotatable bonds is 5. The maximum atomic E-state index is 12.6. The largest absolute Gasteiger partial charge is 0.340 e. The third-order valence-electron chi connectivity index (χ3n) is 5.47. The van der Waals surface area contributed by atoms with Gasteiger partial charge in [-0.25, -0.2) is 0 Å². The van der Waals surface area contributed by atoms with Gasteiger partial charge in [0.1, 0.15) is 0 Å². The Bertz CT molecular complexity index is 604. The smallest absolute Gasteiger partial charge is 0.279 e. The fraction of sp³-hybridized carbons (Fsp3) is 0.600. The monoisotopic (exact) mass is 375 g/mol. The quantitative estimate of drug-likeness (QED) is 0.804. The molecule has 2 amide bonds. The van der Waals surface area contributed by atoms with E-state index in [2.05, 4.69) is 17.5 Å².